The van der Waals surface area contributed by atoms with E-state index in [1.165, 1.54) is 7.11 Å². The van der Waals surface area contributed by atoms with Crippen molar-refractivity contribution in [2.45, 2.75) is 57.9 Å². The smallest absolute Gasteiger partial charge is 0.337 e. The van der Waals surface area contributed by atoms with Crippen molar-refractivity contribution in [2.24, 2.45) is 0 Å². The third-order valence-corrected chi connectivity index (χ3v) is 7.92. The van der Waals surface area contributed by atoms with Crippen LogP contribution in [-0.2, 0) is 9.53 Å². The lowest BCUT2D eigenvalue weighted by molar-refractivity contribution is -0.124. The number of nitrogens with zero attached hydrogens (tertiary/aromatic N) is 1. The highest BCUT2D eigenvalue weighted by molar-refractivity contribution is 6.44. The Balaban J connectivity index is 1.69. The number of halogens is 2. The molecule has 1 aliphatic rings. The summed E-state index contributed by atoms with van der Waals surface area (Å²) in [6.07, 6.45) is 8.55. The number of rotatable bonds is 10. The van der Waals surface area contributed by atoms with Gasteiger partial charge in [-0.15, -0.1) is 0 Å². The maximum atomic E-state index is 14.1. The molecule has 3 aromatic carbocycles. The topological polar surface area (TPSA) is 70.5 Å². The molecule has 4 rings (SSSR count). The third-order valence-electron chi connectivity index (χ3n) is 7.29. The van der Waals surface area contributed by atoms with Gasteiger partial charge in [0.15, 0.2) is 0 Å². The lowest BCUT2D eigenvalue weighted by Gasteiger charge is -2.36. The SMILES string of the molecule is CCCC[C@H](c1ccc(C(=O)OC)cc1)N(C(=O)C(=N)c1ccc(-c2c(Cl)cccc2Cl)cc1)C1=CCCCC1. The number of hydrogen-bond acceptors (Lipinski definition) is 4. The van der Waals surface area contributed by atoms with Crippen molar-refractivity contribution in [3.8, 4) is 11.1 Å². The molecule has 0 bridgehead atoms. The maximum Gasteiger partial charge on any atom is 0.337 e. The number of carbonyl (C=O) groups is 2. The summed E-state index contributed by atoms with van der Waals surface area (Å²) in [7, 11) is 1.36. The number of hydrogen-bond donors (Lipinski definition) is 1. The monoisotopic (exact) mass is 576 g/mol. The number of nitrogens with one attached hydrogen (secondary N) is 1. The molecular formula is C33H34Cl2N2O3. The summed E-state index contributed by atoms with van der Waals surface area (Å²) in [5.74, 6) is -0.738. The van der Waals surface area contributed by atoms with Crippen molar-refractivity contribution in [1.29, 1.82) is 5.41 Å². The van der Waals surface area contributed by atoms with Crippen LogP contribution in [0.15, 0.2) is 78.5 Å². The van der Waals surface area contributed by atoms with Gasteiger partial charge in [-0.25, -0.2) is 4.79 Å². The van der Waals surface area contributed by atoms with Crippen molar-refractivity contribution < 1.29 is 14.3 Å². The molecule has 0 saturated heterocycles. The van der Waals surface area contributed by atoms with Crippen LogP contribution >= 0.6 is 23.2 Å². The molecule has 3 aromatic rings. The zero-order chi connectivity index (χ0) is 28.6. The van der Waals surface area contributed by atoms with E-state index in [-0.39, 0.29) is 17.7 Å². The second-order valence-corrected chi connectivity index (χ2v) is 10.8. The lowest BCUT2D eigenvalue weighted by atomic mass is 9.94. The Labute approximate surface area is 246 Å². The van der Waals surface area contributed by atoms with Gasteiger partial charge in [0.05, 0.1) is 18.7 Å². The molecule has 5 nitrogen and oxygen atoms in total. The van der Waals surface area contributed by atoms with E-state index in [4.69, 9.17) is 33.3 Å². The van der Waals surface area contributed by atoms with E-state index in [1.54, 1.807) is 42.5 Å². The van der Waals surface area contributed by atoms with Gasteiger partial charge in [-0.1, -0.05) is 91.5 Å². The quantitative estimate of drug-likeness (QED) is 0.193. The first-order chi connectivity index (χ1) is 19.3. The molecule has 7 heteroatoms. The number of carbonyl (C=O) groups excluding carboxylic acids is 2. The van der Waals surface area contributed by atoms with Crippen molar-refractivity contribution in [3.63, 3.8) is 0 Å². The summed E-state index contributed by atoms with van der Waals surface area (Å²) < 4.78 is 4.86. The van der Waals surface area contributed by atoms with Crippen molar-refractivity contribution >= 4 is 40.8 Å². The highest BCUT2D eigenvalue weighted by Gasteiger charge is 2.31. The largest absolute Gasteiger partial charge is 0.465 e. The lowest BCUT2D eigenvalue weighted by Crippen LogP contribution is -2.39. The Morgan fingerprint density at radius 3 is 2.17 bits per heavy atom. The first kappa shape index (κ1) is 29.6. The zero-order valence-corrected chi connectivity index (χ0v) is 24.4. The molecule has 208 valence electrons. The van der Waals surface area contributed by atoms with Crippen LogP contribution in [0.3, 0.4) is 0 Å². The summed E-state index contributed by atoms with van der Waals surface area (Å²) in [5, 5.41) is 10.0. The number of esters is 1. The summed E-state index contributed by atoms with van der Waals surface area (Å²) in [6.45, 7) is 2.12. The molecule has 40 heavy (non-hydrogen) atoms. The van der Waals surface area contributed by atoms with Gasteiger partial charge in [-0.2, -0.15) is 0 Å². The Hall–Kier alpha value is -3.41. The van der Waals surface area contributed by atoms with E-state index < -0.39 is 5.97 Å². The van der Waals surface area contributed by atoms with Crippen LogP contribution in [-0.4, -0.2) is 29.6 Å². The van der Waals surface area contributed by atoms with Crippen LogP contribution < -0.4 is 0 Å². The number of ether oxygens (including phenoxy) is 1. The zero-order valence-electron chi connectivity index (χ0n) is 22.9. The second kappa shape index (κ2) is 13.8. The molecule has 1 amide bonds. The Morgan fingerprint density at radius 1 is 0.950 bits per heavy atom. The fraction of sp³-hybridized carbons (Fsp3) is 0.303. The number of benzene rings is 3. The number of methoxy groups -OCH3 is 1. The first-order valence-corrected chi connectivity index (χ1v) is 14.5. The predicted molar refractivity (Wildman–Crippen MR) is 162 cm³/mol. The average molecular weight is 578 g/mol. The molecule has 0 aliphatic heterocycles. The van der Waals surface area contributed by atoms with Gasteiger partial charge in [0.2, 0.25) is 0 Å². The summed E-state index contributed by atoms with van der Waals surface area (Å²) in [6, 6.07) is 19.6. The van der Waals surface area contributed by atoms with Gasteiger partial charge in [-0.05, 0) is 67.5 Å². The Kier molecular flexibility index (Phi) is 10.2. The summed E-state index contributed by atoms with van der Waals surface area (Å²) >= 11 is 12.8. The molecule has 0 spiro atoms. The van der Waals surface area contributed by atoms with E-state index in [0.717, 1.165) is 67.3 Å². The maximum absolute atomic E-state index is 14.1. The number of unbranched alkanes of at least 4 members (excludes halogenated alkanes) is 1. The molecule has 0 unspecified atom stereocenters. The fourth-order valence-electron chi connectivity index (χ4n) is 5.13. The second-order valence-electron chi connectivity index (χ2n) is 9.94. The van der Waals surface area contributed by atoms with Gasteiger partial charge in [0.1, 0.15) is 5.71 Å². The minimum atomic E-state index is -0.400. The van der Waals surface area contributed by atoms with Gasteiger partial charge < -0.3 is 9.64 Å². The van der Waals surface area contributed by atoms with Gasteiger partial charge in [-0.3, -0.25) is 10.2 Å². The summed E-state index contributed by atoms with van der Waals surface area (Å²) in [4.78, 5) is 28.0. The molecule has 0 radical (unpaired) electrons. The first-order valence-electron chi connectivity index (χ1n) is 13.7. The van der Waals surface area contributed by atoms with E-state index in [2.05, 4.69) is 13.0 Å². The van der Waals surface area contributed by atoms with Crippen LogP contribution in [0.2, 0.25) is 10.0 Å². The van der Waals surface area contributed by atoms with E-state index >= 15 is 0 Å². The summed E-state index contributed by atoms with van der Waals surface area (Å²) in [5.41, 5.74) is 4.33. The standard InChI is InChI=1S/C33H34Cl2N2O3/c1-3-4-13-29(22-14-20-25(21-15-22)33(39)40-2)37(26-9-6-5-7-10-26)32(38)31(36)24-18-16-23(17-19-24)30-27(34)11-8-12-28(30)35/h8-9,11-12,14-21,29,36H,3-7,10,13H2,1-2H3/t29-/m1/s1. The Bertz CT molecular complexity index is 1380. The molecular weight excluding hydrogens is 543 g/mol. The van der Waals surface area contributed by atoms with E-state index in [1.807, 2.05) is 29.2 Å². The van der Waals surface area contributed by atoms with Crippen LogP contribution in [0.5, 0.6) is 0 Å². The minimum Gasteiger partial charge on any atom is -0.465 e. The average Bonchev–Trinajstić information content (AvgIpc) is 2.99. The molecule has 1 atom stereocenters. The molecule has 0 fully saturated rings. The van der Waals surface area contributed by atoms with Crippen LogP contribution in [0.1, 0.15) is 79.4 Å². The third kappa shape index (κ3) is 6.65. The molecule has 0 saturated carbocycles. The van der Waals surface area contributed by atoms with Gasteiger partial charge in [0, 0.05) is 26.9 Å². The van der Waals surface area contributed by atoms with Crippen LogP contribution in [0.4, 0.5) is 0 Å². The molecule has 1 aliphatic carbocycles. The molecule has 0 aromatic heterocycles. The van der Waals surface area contributed by atoms with Gasteiger partial charge in [0.25, 0.3) is 5.91 Å². The number of amides is 1. The van der Waals surface area contributed by atoms with Crippen LogP contribution in [0, 0.1) is 5.41 Å². The normalized spacial score (nSPS) is 13.8. The minimum absolute atomic E-state index is 0.0732. The van der Waals surface area contributed by atoms with Crippen LogP contribution in [0.25, 0.3) is 11.1 Å². The highest BCUT2D eigenvalue weighted by Crippen LogP contribution is 2.36. The molecule has 0 heterocycles. The molecule has 1 N–H and O–H groups in total. The number of allylic oxidation sites excluding steroid dienone is 2. The van der Waals surface area contributed by atoms with Gasteiger partial charge >= 0.3 is 5.97 Å². The fourth-order valence-corrected chi connectivity index (χ4v) is 5.75. The predicted octanol–water partition coefficient (Wildman–Crippen LogP) is 9.03. The van der Waals surface area contributed by atoms with Crippen molar-refractivity contribution in [1.82, 2.24) is 4.90 Å². The van der Waals surface area contributed by atoms with E-state index in [9.17, 15) is 9.59 Å². The van der Waals surface area contributed by atoms with Crippen molar-refractivity contribution in [3.05, 3.63) is 105 Å². The Morgan fingerprint density at radius 2 is 1.60 bits per heavy atom. The van der Waals surface area contributed by atoms with E-state index in [0.29, 0.717) is 21.2 Å². The highest BCUT2D eigenvalue weighted by atomic mass is 35.5. The van der Waals surface area contributed by atoms with Crippen molar-refractivity contribution in [2.75, 3.05) is 7.11 Å².